The van der Waals surface area contributed by atoms with Gasteiger partial charge in [0, 0.05) is 13.0 Å². The minimum Gasteiger partial charge on any atom is -0.480 e. The molecule has 47 heavy (non-hydrogen) atoms. The lowest BCUT2D eigenvalue weighted by Crippen LogP contribution is -2.34. The first kappa shape index (κ1) is 45.5. The van der Waals surface area contributed by atoms with Gasteiger partial charge in [0.25, 0.3) is 0 Å². The number of carbonyl (C=O) groups is 2. The first-order valence-electron chi connectivity index (χ1n) is 18.4. The van der Waals surface area contributed by atoms with E-state index in [1.165, 1.54) is 77.0 Å². The third-order valence-corrected chi connectivity index (χ3v) is 8.68. The van der Waals surface area contributed by atoms with E-state index in [0.29, 0.717) is 13.0 Å². The molecule has 0 aromatic carbocycles. The summed E-state index contributed by atoms with van der Waals surface area (Å²) in [5.41, 5.74) is 5.32. The first-order valence-corrected chi connectivity index (χ1v) is 19.9. The number of hydrogen-bond acceptors (Lipinski definition) is 8. The van der Waals surface area contributed by atoms with Crippen LogP contribution in [0.15, 0.2) is 24.3 Å². The predicted octanol–water partition coefficient (Wildman–Crippen LogP) is 9.19. The molecular weight excluding hydrogens is 621 g/mol. The number of carboxylic acids is 1. The Labute approximate surface area is 285 Å². The van der Waals surface area contributed by atoms with E-state index in [-0.39, 0.29) is 13.0 Å². The van der Waals surface area contributed by atoms with Crippen LogP contribution in [0.1, 0.15) is 155 Å². The van der Waals surface area contributed by atoms with E-state index in [0.717, 1.165) is 51.4 Å². The highest BCUT2D eigenvalue weighted by atomic mass is 31.2. The Hall–Kier alpha value is -1.55. The lowest BCUT2D eigenvalue weighted by atomic mass is 10.1. The van der Waals surface area contributed by atoms with Crippen molar-refractivity contribution in [1.82, 2.24) is 0 Å². The third kappa shape index (κ3) is 32.8. The van der Waals surface area contributed by atoms with Crippen LogP contribution in [0.3, 0.4) is 0 Å². The molecule has 276 valence electrons. The maximum Gasteiger partial charge on any atom is 0.472 e. The molecule has 0 aliphatic rings. The highest BCUT2D eigenvalue weighted by molar-refractivity contribution is 7.47. The second kappa shape index (κ2) is 33.0. The number of rotatable bonds is 35. The largest absolute Gasteiger partial charge is 0.480 e. The molecule has 0 radical (unpaired) electrons. The monoisotopic (exact) mass is 689 g/mol. The van der Waals surface area contributed by atoms with E-state index in [2.05, 4.69) is 42.7 Å². The number of phosphoric ester groups is 1. The van der Waals surface area contributed by atoms with Gasteiger partial charge in [0.1, 0.15) is 12.1 Å². The molecule has 0 saturated heterocycles. The average molecular weight is 690 g/mol. The summed E-state index contributed by atoms with van der Waals surface area (Å²) in [6, 6.07) is -1.47. The highest BCUT2D eigenvalue weighted by Crippen LogP contribution is 2.43. The van der Waals surface area contributed by atoms with E-state index in [4.69, 9.17) is 24.8 Å². The topological polar surface area (TPSA) is 155 Å². The summed E-state index contributed by atoms with van der Waals surface area (Å²) in [4.78, 5) is 33.2. The second-order valence-electron chi connectivity index (χ2n) is 12.4. The summed E-state index contributed by atoms with van der Waals surface area (Å²) < 4.78 is 33.0. The maximum atomic E-state index is 12.4. The number of allylic oxidation sites excluding steroid dienone is 4. The number of unbranched alkanes of at least 4 members (excludes halogenated alkanes) is 17. The molecule has 0 aliphatic carbocycles. The van der Waals surface area contributed by atoms with Crippen LogP contribution in [0.4, 0.5) is 0 Å². The van der Waals surface area contributed by atoms with Gasteiger partial charge in [-0.3, -0.25) is 18.6 Å². The van der Waals surface area contributed by atoms with E-state index in [1.54, 1.807) is 0 Å². The quantitative estimate of drug-likeness (QED) is 0.0254. The van der Waals surface area contributed by atoms with Crippen molar-refractivity contribution >= 4 is 19.8 Å². The van der Waals surface area contributed by atoms with Crippen molar-refractivity contribution in [2.45, 2.75) is 167 Å². The van der Waals surface area contributed by atoms with Gasteiger partial charge in [-0.05, 0) is 44.9 Å². The fraction of sp³-hybridized carbons (Fsp3) is 0.833. The van der Waals surface area contributed by atoms with Gasteiger partial charge in [-0.2, -0.15) is 0 Å². The van der Waals surface area contributed by atoms with Crippen LogP contribution < -0.4 is 5.73 Å². The lowest BCUT2D eigenvalue weighted by Gasteiger charge is -2.20. The number of carboxylic acid groups (broad SMARTS) is 1. The van der Waals surface area contributed by atoms with E-state index < -0.39 is 45.1 Å². The van der Waals surface area contributed by atoms with Gasteiger partial charge in [-0.1, -0.05) is 128 Å². The second-order valence-corrected chi connectivity index (χ2v) is 13.8. The molecule has 0 spiro atoms. The number of aliphatic carboxylic acids is 1. The Balaban J connectivity index is 4.19. The normalized spacial score (nSPS) is 14.5. The van der Waals surface area contributed by atoms with E-state index in [1.807, 2.05) is 0 Å². The van der Waals surface area contributed by atoms with Gasteiger partial charge in [0.15, 0.2) is 0 Å². The van der Waals surface area contributed by atoms with Crippen LogP contribution in [0.5, 0.6) is 0 Å². The van der Waals surface area contributed by atoms with Crippen molar-refractivity contribution in [1.29, 1.82) is 0 Å². The predicted molar refractivity (Wildman–Crippen MR) is 189 cm³/mol. The zero-order valence-electron chi connectivity index (χ0n) is 29.6. The van der Waals surface area contributed by atoms with Gasteiger partial charge in [-0.15, -0.1) is 0 Å². The molecule has 3 unspecified atom stereocenters. The summed E-state index contributed by atoms with van der Waals surface area (Å²) in [7, 11) is -4.60. The van der Waals surface area contributed by atoms with Crippen LogP contribution in [-0.4, -0.2) is 60.5 Å². The summed E-state index contributed by atoms with van der Waals surface area (Å²) in [6.07, 6.45) is 32.5. The molecule has 0 aromatic heterocycles. The van der Waals surface area contributed by atoms with E-state index >= 15 is 0 Å². The van der Waals surface area contributed by atoms with Crippen LogP contribution in [0.2, 0.25) is 0 Å². The number of esters is 1. The molecule has 4 N–H and O–H groups in total. The summed E-state index contributed by atoms with van der Waals surface area (Å²) in [5, 5.41) is 8.83. The van der Waals surface area contributed by atoms with E-state index in [9.17, 15) is 19.0 Å². The molecule has 0 bridgehead atoms. The molecule has 0 amide bonds. The molecule has 0 heterocycles. The molecule has 0 saturated carbocycles. The number of hydrogen-bond donors (Lipinski definition) is 3. The molecule has 0 aliphatic heterocycles. The standard InChI is InChI=1S/C36H68NO9P/c1-3-5-7-9-11-12-13-14-15-16-17-18-19-20-21-23-25-27-29-43-30-33(31-44-47(41,42)45-32-34(37)36(39)40)46-35(38)28-26-24-22-10-8-6-4-2/h11-12,14-15,33-34H,3-10,13,16-32,37H2,1-2H3,(H,39,40)(H,41,42)/b12-11-,15-14-. The number of phosphoric acid groups is 1. The molecular formula is C36H68NO9P. The number of nitrogens with two attached hydrogens (primary N) is 1. The zero-order valence-corrected chi connectivity index (χ0v) is 30.5. The van der Waals surface area contributed by atoms with Crippen molar-refractivity contribution in [3.8, 4) is 0 Å². The fourth-order valence-electron chi connectivity index (χ4n) is 4.81. The van der Waals surface area contributed by atoms with Gasteiger partial charge in [0.2, 0.25) is 0 Å². The van der Waals surface area contributed by atoms with Crippen molar-refractivity contribution in [2.75, 3.05) is 26.4 Å². The highest BCUT2D eigenvalue weighted by Gasteiger charge is 2.27. The van der Waals surface area contributed by atoms with Crippen LogP contribution in [0, 0.1) is 0 Å². The van der Waals surface area contributed by atoms with Gasteiger partial charge >= 0.3 is 19.8 Å². The Morgan fingerprint density at radius 3 is 1.77 bits per heavy atom. The minimum atomic E-state index is -4.60. The van der Waals surface area contributed by atoms with Crippen molar-refractivity contribution in [3.05, 3.63) is 24.3 Å². The summed E-state index contributed by atoms with van der Waals surface area (Å²) in [5.74, 6) is -1.79. The van der Waals surface area contributed by atoms with Crippen LogP contribution in [0.25, 0.3) is 0 Å². The Bertz CT molecular complexity index is 852. The van der Waals surface area contributed by atoms with Gasteiger partial charge in [0.05, 0.1) is 19.8 Å². The third-order valence-electron chi connectivity index (χ3n) is 7.73. The number of carbonyl (C=O) groups excluding carboxylic acids is 1. The molecule has 3 atom stereocenters. The molecule has 0 rings (SSSR count). The molecule has 11 heteroatoms. The summed E-state index contributed by atoms with van der Waals surface area (Å²) in [6.45, 7) is 3.78. The lowest BCUT2D eigenvalue weighted by molar-refractivity contribution is -0.154. The van der Waals surface area contributed by atoms with Crippen molar-refractivity contribution in [2.24, 2.45) is 5.73 Å². The summed E-state index contributed by atoms with van der Waals surface area (Å²) >= 11 is 0. The number of ether oxygens (including phenoxy) is 2. The smallest absolute Gasteiger partial charge is 0.472 e. The Morgan fingerprint density at radius 1 is 0.681 bits per heavy atom. The van der Waals surface area contributed by atoms with Crippen LogP contribution in [-0.2, 0) is 32.7 Å². The first-order chi connectivity index (χ1) is 22.7. The maximum absolute atomic E-state index is 12.4. The molecule has 10 nitrogen and oxygen atoms in total. The van der Waals surface area contributed by atoms with Gasteiger partial charge in [-0.25, -0.2) is 4.57 Å². The van der Waals surface area contributed by atoms with Crippen molar-refractivity contribution in [3.63, 3.8) is 0 Å². The molecule has 0 fully saturated rings. The Morgan fingerprint density at radius 2 is 1.17 bits per heavy atom. The minimum absolute atomic E-state index is 0.0150. The van der Waals surface area contributed by atoms with Crippen LogP contribution >= 0.6 is 7.82 Å². The van der Waals surface area contributed by atoms with Gasteiger partial charge < -0.3 is 25.2 Å². The fourth-order valence-corrected chi connectivity index (χ4v) is 5.59. The molecule has 0 aromatic rings. The SMILES string of the molecule is CCCCC/C=C\C/C=C\CCCCCCCCCCOCC(COP(=O)(O)OCC(N)C(=O)O)OC(=O)CCCCCCCCC. The Kier molecular flexibility index (Phi) is 31.9. The van der Waals surface area contributed by atoms with Crippen molar-refractivity contribution < 1.29 is 42.7 Å². The average Bonchev–Trinajstić information content (AvgIpc) is 3.04. The zero-order chi connectivity index (χ0) is 34.9.